The molecular weight excluding hydrogens is 410 g/mol. The Kier molecular flexibility index (Phi) is 5.75. The average molecular weight is 430 g/mol. The number of nitrogens with zero attached hydrogens (tertiary/aromatic N) is 4. The number of halogens is 1. The maximum atomic E-state index is 12.2. The van der Waals surface area contributed by atoms with E-state index in [0.29, 0.717) is 29.8 Å². The Hall–Kier alpha value is -2.55. The molecule has 3 aromatic rings. The van der Waals surface area contributed by atoms with Gasteiger partial charge in [0.2, 0.25) is 11.9 Å². The summed E-state index contributed by atoms with van der Waals surface area (Å²) in [6.45, 7) is 2.48. The van der Waals surface area contributed by atoms with E-state index in [2.05, 4.69) is 20.3 Å². The number of amides is 1. The number of carbonyl (C=O) groups is 1. The zero-order valence-electron chi connectivity index (χ0n) is 15.7. The number of aromatic nitrogens is 3. The van der Waals surface area contributed by atoms with Gasteiger partial charge in [-0.15, -0.1) is 11.3 Å². The highest BCUT2D eigenvalue weighted by molar-refractivity contribution is 7.15. The maximum absolute atomic E-state index is 12.2. The number of thiazole rings is 1. The van der Waals surface area contributed by atoms with E-state index in [-0.39, 0.29) is 24.5 Å². The third-order valence-electron chi connectivity index (χ3n) is 4.77. The molecule has 1 amide bonds. The minimum absolute atomic E-state index is 0.00318. The third-order valence-corrected chi connectivity index (χ3v) is 6.25. The lowest BCUT2D eigenvalue weighted by Gasteiger charge is -2.17. The monoisotopic (exact) mass is 429 g/mol. The summed E-state index contributed by atoms with van der Waals surface area (Å²) in [5, 5.41) is 14.2. The quantitative estimate of drug-likeness (QED) is 0.619. The summed E-state index contributed by atoms with van der Waals surface area (Å²) in [4.78, 5) is 28.1. The summed E-state index contributed by atoms with van der Waals surface area (Å²) in [5.74, 6) is 0.909. The van der Waals surface area contributed by atoms with E-state index in [9.17, 15) is 9.90 Å². The number of aliphatic hydroxyl groups is 1. The molecule has 2 N–H and O–H groups in total. The van der Waals surface area contributed by atoms with Gasteiger partial charge in [0.25, 0.3) is 0 Å². The van der Waals surface area contributed by atoms with Gasteiger partial charge < -0.3 is 10.4 Å². The Morgan fingerprint density at radius 3 is 2.83 bits per heavy atom. The second kappa shape index (κ2) is 8.44. The van der Waals surface area contributed by atoms with Crippen molar-refractivity contribution in [3.63, 3.8) is 0 Å². The molecule has 1 fully saturated rings. The molecule has 1 aliphatic rings. The van der Waals surface area contributed by atoms with Gasteiger partial charge in [-0.3, -0.25) is 9.69 Å². The van der Waals surface area contributed by atoms with Crippen molar-refractivity contribution in [3.05, 3.63) is 52.6 Å². The van der Waals surface area contributed by atoms with Crippen molar-refractivity contribution >= 4 is 40.6 Å². The molecule has 4 rings (SSSR count). The maximum Gasteiger partial charge on any atom is 0.228 e. The summed E-state index contributed by atoms with van der Waals surface area (Å²) in [6.07, 6.45) is 3.81. The number of rotatable bonds is 6. The predicted molar refractivity (Wildman–Crippen MR) is 114 cm³/mol. The van der Waals surface area contributed by atoms with Crippen LogP contribution in [0.15, 0.2) is 42.7 Å². The van der Waals surface area contributed by atoms with Gasteiger partial charge in [-0.25, -0.2) is 9.97 Å². The fourth-order valence-electron chi connectivity index (χ4n) is 3.17. The lowest BCUT2D eigenvalue weighted by Crippen LogP contribution is -2.26. The molecule has 0 radical (unpaired) electrons. The second-order valence-electron chi connectivity index (χ2n) is 6.94. The molecule has 0 bridgehead atoms. The van der Waals surface area contributed by atoms with E-state index in [4.69, 9.17) is 11.6 Å². The van der Waals surface area contributed by atoms with Crippen molar-refractivity contribution in [2.24, 2.45) is 5.92 Å². The summed E-state index contributed by atoms with van der Waals surface area (Å²) >= 11 is 7.54. The number of benzene rings is 1. The number of carbonyl (C=O) groups excluding carboxylic acids is 1. The Morgan fingerprint density at radius 2 is 2.10 bits per heavy atom. The van der Waals surface area contributed by atoms with Gasteiger partial charge in [-0.1, -0.05) is 23.7 Å². The van der Waals surface area contributed by atoms with Crippen molar-refractivity contribution in [1.29, 1.82) is 0 Å². The fraction of sp³-hybridized carbons (Fsp3) is 0.300. The minimum atomic E-state index is -0.0525. The number of anilines is 2. The lowest BCUT2D eigenvalue weighted by atomic mass is 10.1. The highest BCUT2D eigenvalue weighted by atomic mass is 35.5. The van der Waals surface area contributed by atoms with Crippen LogP contribution in [0.3, 0.4) is 0 Å². The van der Waals surface area contributed by atoms with Gasteiger partial charge in [0.1, 0.15) is 10.8 Å². The molecule has 2 atom stereocenters. The molecule has 0 aliphatic carbocycles. The molecule has 2 aromatic heterocycles. The molecular formula is C20H20ClN5O2S. The minimum Gasteiger partial charge on any atom is -0.396 e. The Bertz CT molecular complexity index is 1010. The van der Waals surface area contributed by atoms with Crippen molar-refractivity contribution in [1.82, 2.24) is 15.0 Å². The topological polar surface area (TPSA) is 91.2 Å². The van der Waals surface area contributed by atoms with Crippen LogP contribution in [0.25, 0.3) is 10.6 Å². The van der Waals surface area contributed by atoms with Gasteiger partial charge in [-0.2, -0.15) is 4.98 Å². The van der Waals surface area contributed by atoms with E-state index in [1.807, 2.05) is 37.4 Å². The molecule has 1 aromatic carbocycles. The van der Waals surface area contributed by atoms with Gasteiger partial charge in [0, 0.05) is 53.3 Å². The fourth-order valence-corrected chi connectivity index (χ4v) is 4.22. The molecule has 0 saturated carbocycles. The van der Waals surface area contributed by atoms with Crippen LogP contribution in [0.2, 0.25) is 5.02 Å². The Balaban J connectivity index is 1.47. The molecule has 1 aliphatic heterocycles. The number of hydrogen-bond acceptors (Lipinski definition) is 7. The SMILES string of the molecule is C[C@H](Nc1nccc(N2CC(CO)CC2=O)n1)c1cnc(-c2ccc(Cl)cc2)s1. The molecule has 3 heterocycles. The normalized spacial score (nSPS) is 17.6. The third kappa shape index (κ3) is 4.39. The molecule has 9 heteroatoms. The van der Waals surface area contributed by atoms with Crippen LogP contribution in [-0.4, -0.2) is 39.1 Å². The van der Waals surface area contributed by atoms with E-state index in [1.165, 1.54) is 0 Å². The number of aliphatic hydroxyl groups excluding tert-OH is 1. The van der Waals surface area contributed by atoms with Crippen LogP contribution >= 0.6 is 22.9 Å². The highest BCUT2D eigenvalue weighted by Crippen LogP contribution is 2.31. The molecule has 29 heavy (non-hydrogen) atoms. The molecule has 1 unspecified atom stereocenters. The Morgan fingerprint density at radius 1 is 1.31 bits per heavy atom. The van der Waals surface area contributed by atoms with Crippen molar-refractivity contribution < 1.29 is 9.90 Å². The standard InChI is InChI=1S/C20H20ClN5O2S/c1-12(16-9-23-19(29-16)14-2-4-15(21)5-3-14)24-20-22-7-6-17(25-20)26-10-13(11-27)8-18(26)28/h2-7,9,12-13,27H,8,10-11H2,1H3,(H,22,24,25)/t12-,13?/m0/s1. The number of nitrogens with one attached hydrogen (secondary N) is 1. The summed E-state index contributed by atoms with van der Waals surface area (Å²) < 4.78 is 0. The summed E-state index contributed by atoms with van der Waals surface area (Å²) in [6, 6.07) is 9.24. The Labute approximate surface area is 177 Å². The van der Waals surface area contributed by atoms with Gasteiger partial charge in [0.15, 0.2) is 0 Å². The lowest BCUT2D eigenvalue weighted by molar-refractivity contribution is -0.117. The van der Waals surface area contributed by atoms with Crippen molar-refractivity contribution in [2.75, 3.05) is 23.4 Å². The molecule has 0 spiro atoms. The zero-order chi connectivity index (χ0) is 20.4. The largest absolute Gasteiger partial charge is 0.396 e. The first-order valence-electron chi connectivity index (χ1n) is 9.26. The summed E-state index contributed by atoms with van der Waals surface area (Å²) in [5.41, 5.74) is 1.02. The van der Waals surface area contributed by atoms with Crippen LogP contribution in [0.5, 0.6) is 0 Å². The second-order valence-corrected chi connectivity index (χ2v) is 8.43. The van der Waals surface area contributed by atoms with Gasteiger partial charge in [-0.05, 0) is 25.1 Å². The molecule has 7 nitrogen and oxygen atoms in total. The van der Waals surface area contributed by atoms with E-state index >= 15 is 0 Å². The van der Waals surface area contributed by atoms with E-state index < -0.39 is 0 Å². The first-order chi connectivity index (χ1) is 14.0. The van der Waals surface area contributed by atoms with Crippen molar-refractivity contribution in [3.8, 4) is 10.6 Å². The van der Waals surface area contributed by atoms with Crippen LogP contribution in [0.4, 0.5) is 11.8 Å². The summed E-state index contributed by atoms with van der Waals surface area (Å²) in [7, 11) is 0. The molecule has 1 saturated heterocycles. The van der Waals surface area contributed by atoms with Crippen LogP contribution < -0.4 is 10.2 Å². The average Bonchev–Trinajstić information content (AvgIpc) is 3.36. The first kappa shape index (κ1) is 19.8. The smallest absolute Gasteiger partial charge is 0.228 e. The van der Waals surface area contributed by atoms with Gasteiger partial charge in [0.05, 0.1) is 6.04 Å². The van der Waals surface area contributed by atoms with Crippen LogP contribution in [-0.2, 0) is 4.79 Å². The number of hydrogen-bond donors (Lipinski definition) is 2. The van der Waals surface area contributed by atoms with E-state index in [1.54, 1.807) is 28.5 Å². The molecule has 150 valence electrons. The van der Waals surface area contributed by atoms with Crippen LogP contribution in [0.1, 0.15) is 24.3 Å². The zero-order valence-corrected chi connectivity index (χ0v) is 17.3. The van der Waals surface area contributed by atoms with E-state index in [0.717, 1.165) is 15.4 Å². The van der Waals surface area contributed by atoms with Crippen LogP contribution in [0, 0.1) is 5.92 Å². The predicted octanol–water partition coefficient (Wildman–Crippen LogP) is 3.77. The van der Waals surface area contributed by atoms with Crippen molar-refractivity contribution in [2.45, 2.75) is 19.4 Å². The van der Waals surface area contributed by atoms with Gasteiger partial charge >= 0.3 is 0 Å². The first-order valence-corrected chi connectivity index (χ1v) is 10.5. The highest BCUT2D eigenvalue weighted by Gasteiger charge is 2.31.